The van der Waals surface area contributed by atoms with Crippen molar-refractivity contribution in [1.29, 1.82) is 5.26 Å². The Hall–Kier alpha value is -3.65. The number of hydrogen-bond donors (Lipinski definition) is 2. The molecule has 2 aliphatic rings. The van der Waals surface area contributed by atoms with Crippen LogP contribution in [0.15, 0.2) is 24.3 Å². The van der Waals surface area contributed by atoms with E-state index >= 15 is 0 Å². The van der Waals surface area contributed by atoms with Crippen LogP contribution in [0.1, 0.15) is 72.7 Å². The summed E-state index contributed by atoms with van der Waals surface area (Å²) >= 11 is 0. The predicted molar refractivity (Wildman–Crippen MR) is 135 cm³/mol. The Morgan fingerprint density at radius 1 is 0.758 bits per heavy atom. The van der Waals surface area contributed by atoms with Crippen LogP contribution in [0.2, 0.25) is 0 Å². The number of nitriles is 1. The van der Waals surface area contributed by atoms with Crippen molar-refractivity contribution in [1.82, 2.24) is 19.9 Å². The fourth-order valence-corrected chi connectivity index (χ4v) is 4.80. The first-order chi connectivity index (χ1) is 15.6. The van der Waals surface area contributed by atoms with Crippen LogP contribution in [0.25, 0.3) is 33.2 Å². The molecule has 8 bridgehead atoms. The first-order valence-electron chi connectivity index (χ1n) is 11.4. The van der Waals surface area contributed by atoms with Gasteiger partial charge in [0.2, 0.25) is 0 Å². The molecule has 0 aliphatic carbocycles. The van der Waals surface area contributed by atoms with E-state index in [0.717, 1.165) is 62.4 Å². The number of rotatable bonds is 0. The first-order valence-corrected chi connectivity index (χ1v) is 11.4. The number of allylic oxidation sites excluding steroid dienone is 2. The van der Waals surface area contributed by atoms with Gasteiger partial charge in [-0.25, -0.2) is 4.98 Å². The third-order valence-corrected chi connectivity index (χ3v) is 7.38. The molecule has 0 amide bonds. The molecule has 0 atom stereocenters. The van der Waals surface area contributed by atoms with E-state index in [1.54, 1.807) is 0 Å². The molecule has 3 aromatic heterocycles. The van der Waals surface area contributed by atoms with Gasteiger partial charge in [0.05, 0.1) is 22.5 Å². The largest absolute Gasteiger partial charge is 0.355 e. The quantitative estimate of drug-likeness (QED) is 0.418. The van der Waals surface area contributed by atoms with Crippen molar-refractivity contribution < 1.29 is 0 Å². The molecule has 5 heteroatoms. The van der Waals surface area contributed by atoms with Crippen molar-refractivity contribution >= 4 is 33.2 Å². The highest BCUT2D eigenvalue weighted by atomic mass is 14.8. The summed E-state index contributed by atoms with van der Waals surface area (Å²) in [4.78, 5) is 17.0. The first kappa shape index (κ1) is 21.2. The number of H-pyrrole nitrogens is 2. The number of fused-ring (bicyclic) bond motifs is 8. The molecule has 0 aromatic carbocycles. The van der Waals surface area contributed by atoms with Gasteiger partial charge in [-0.05, 0) is 86.7 Å². The number of nitrogens with one attached hydrogen (secondary N) is 2. The maximum atomic E-state index is 9.90. The van der Waals surface area contributed by atoms with Crippen molar-refractivity contribution in [3.05, 3.63) is 69.3 Å². The smallest absolute Gasteiger partial charge is 0.102 e. The average Bonchev–Trinajstić information content (AvgIpc) is 3.39. The van der Waals surface area contributed by atoms with Crippen LogP contribution in [-0.4, -0.2) is 19.9 Å². The normalized spacial score (nSPS) is 15.1. The van der Waals surface area contributed by atoms with Crippen molar-refractivity contribution in [2.45, 2.75) is 60.3 Å². The molecule has 0 fully saturated rings. The van der Waals surface area contributed by atoms with Gasteiger partial charge in [-0.15, -0.1) is 0 Å². The molecule has 0 saturated heterocycles. The number of nitrogens with zero attached hydrogens (tertiary/aromatic N) is 3. The van der Waals surface area contributed by atoms with Gasteiger partial charge >= 0.3 is 0 Å². The molecule has 0 unspecified atom stereocenters. The van der Waals surface area contributed by atoms with Crippen LogP contribution in [-0.2, 0) is 11.8 Å². The van der Waals surface area contributed by atoms with Gasteiger partial charge in [0, 0.05) is 39.8 Å². The molecule has 3 aromatic rings. The van der Waals surface area contributed by atoms with Crippen LogP contribution in [0.4, 0.5) is 0 Å². The van der Waals surface area contributed by atoms with Gasteiger partial charge in [-0.2, -0.15) is 5.26 Å². The van der Waals surface area contributed by atoms with E-state index in [2.05, 4.69) is 75.8 Å². The van der Waals surface area contributed by atoms with E-state index < -0.39 is 0 Å². The highest BCUT2D eigenvalue weighted by Gasteiger charge is 2.29. The summed E-state index contributed by atoms with van der Waals surface area (Å²) in [7, 11) is 0. The molecule has 5 nitrogen and oxygen atoms in total. The summed E-state index contributed by atoms with van der Waals surface area (Å²) in [6.07, 6.45) is 0.849. The maximum Gasteiger partial charge on any atom is 0.102 e. The summed E-state index contributed by atoms with van der Waals surface area (Å²) in [6.45, 7) is 14.9. The summed E-state index contributed by atoms with van der Waals surface area (Å²) in [5.41, 5.74) is 14.1. The van der Waals surface area contributed by atoms with Crippen LogP contribution in [0.5, 0.6) is 0 Å². The molecule has 0 radical (unpaired) electrons. The highest BCUT2D eigenvalue weighted by Crippen LogP contribution is 2.34. The zero-order valence-corrected chi connectivity index (χ0v) is 20.4. The van der Waals surface area contributed by atoms with Crippen molar-refractivity contribution in [2.75, 3.05) is 0 Å². The van der Waals surface area contributed by atoms with E-state index in [1.807, 2.05) is 13.0 Å². The topological polar surface area (TPSA) is 81.2 Å². The molecule has 5 heterocycles. The SMILES string of the molecule is CC1=C(C)c2cc3[nH]c(cc4nc(cc5[nH]c(cc1n2)c(C)c5C)CC4(C)C)c(C#N)c3C. The lowest BCUT2D eigenvalue weighted by Gasteiger charge is -2.15. The molecular weight excluding hydrogens is 406 g/mol. The third-order valence-electron chi connectivity index (χ3n) is 7.38. The van der Waals surface area contributed by atoms with Gasteiger partial charge in [0.15, 0.2) is 0 Å². The van der Waals surface area contributed by atoms with Crippen LogP contribution in [0, 0.1) is 32.1 Å². The van der Waals surface area contributed by atoms with Gasteiger partial charge in [-0.3, -0.25) is 4.98 Å². The Kier molecular flexibility index (Phi) is 4.61. The summed E-state index contributed by atoms with van der Waals surface area (Å²) in [6, 6.07) is 10.8. The van der Waals surface area contributed by atoms with Gasteiger partial charge in [0.1, 0.15) is 6.07 Å². The second-order valence-electron chi connectivity index (χ2n) is 10.0. The minimum absolute atomic E-state index is 0.116. The monoisotopic (exact) mass is 435 g/mol. The zero-order valence-electron chi connectivity index (χ0n) is 20.4. The summed E-state index contributed by atoms with van der Waals surface area (Å²) in [5, 5.41) is 9.90. The van der Waals surface area contributed by atoms with Crippen LogP contribution >= 0.6 is 0 Å². The lowest BCUT2D eigenvalue weighted by atomic mass is 9.87. The molecule has 0 spiro atoms. The molecular formula is C28H29N5. The molecule has 2 aliphatic heterocycles. The Bertz CT molecular complexity index is 1570. The fourth-order valence-electron chi connectivity index (χ4n) is 4.80. The van der Waals surface area contributed by atoms with Crippen molar-refractivity contribution in [3.63, 3.8) is 0 Å². The van der Waals surface area contributed by atoms with Crippen molar-refractivity contribution in [2.24, 2.45) is 0 Å². The maximum absolute atomic E-state index is 9.90. The Morgan fingerprint density at radius 2 is 1.30 bits per heavy atom. The van der Waals surface area contributed by atoms with E-state index in [1.165, 1.54) is 16.7 Å². The third kappa shape index (κ3) is 3.29. The minimum Gasteiger partial charge on any atom is -0.355 e. The predicted octanol–water partition coefficient (Wildman–Crippen LogP) is 6.58. The van der Waals surface area contributed by atoms with Gasteiger partial charge in [-0.1, -0.05) is 13.8 Å². The van der Waals surface area contributed by atoms with E-state index in [0.29, 0.717) is 5.56 Å². The number of aryl methyl sites for hydroxylation is 3. The molecule has 2 N–H and O–H groups in total. The lowest BCUT2D eigenvalue weighted by Crippen LogP contribution is -2.15. The molecule has 33 heavy (non-hydrogen) atoms. The number of aromatic amines is 2. The molecule has 0 saturated carbocycles. The molecule has 5 rings (SSSR count). The number of hydrogen-bond acceptors (Lipinski definition) is 3. The van der Waals surface area contributed by atoms with E-state index in [9.17, 15) is 5.26 Å². The lowest BCUT2D eigenvalue weighted by molar-refractivity contribution is 0.543. The fraction of sp³-hybridized carbons (Fsp3) is 0.321. The Morgan fingerprint density at radius 3 is 1.91 bits per heavy atom. The average molecular weight is 436 g/mol. The number of aromatic nitrogens is 4. The Balaban J connectivity index is 1.99. The van der Waals surface area contributed by atoms with Crippen LogP contribution < -0.4 is 0 Å². The van der Waals surface area contributed by atoms with Crippen LogP contribution in [0.3, 0.4) is 0 Å². The summed E-state index contributed by atoms with van der Waals surface area (Å²) < 4.78 is 0. The van der Waals surface area contributed by atoms with Gasteiger partial charge in [0.25, 0.3) is 0 Å². The van der Waals surface area contributed by atoms with E-state index in [4.69, 9.17) is 9.97 Å². The van der Waals surface area contributed by atoms with Gasteiger partial charge < -0.3 is 9.97 Å². The Labute approximate surface area is 194 Å². The molecule has 166 valence electrons. The standard InChI is InChI=1S/C28H29N5/c1-14-15(2)22-9-23-16(3)17(4)24(32-23)10-25-18(5)20(13-29)26(33-25)11-27-28(6,7)12-19(30-27)8-21(14)31-22/h8-11,31,33H,12H2,1-7H3. The van der Waals surface area contributed by atoms with E-state index in [-0.39, 0.29) is 5.41 Å². The van der Waals surface area contributed by atoms with Crippen molar-refractivity contribution in [3.8, 4) is 6.07 Å². The second kappa shape index (κ2) is 7.18. The highest BCUT2D eigenvalue weighted by molar-refractivity contribution is 5.92. The minimum atomic E-state index is -0.116. The zero-order chi connectivity index (χ0) is 23.7. The summed E-state index contributed by atoms with van der Waals surface area (Å²) in [5.74, 6) is 0. The second-order valence-corrected chi connectivity index (χ2v) is 10.0.